The summed E-state index contributed by atoms with van der Waals surface area (Å²) in [6.07, 6.45) is 7.89. The highest BCUT2D eigenvalue weighted by Gasteiger charge is 2.07. The van der Waals surface area contributed by atoms with Crippen molar-refractivity contribution in [2.75, 3.05) is 7.11 Å². The standard InChI is InChI=1S/C16H22N2O2/c1-3-4-5-6-7-8-13-9-11-14(12-10-13)15-17-16(19-2)20-18-15/h9-12H,3-8H2,1-2H3. The normalized spacial score (nSPS) is 10.7. The number of unbranched alkanes of at least 4 members (excludes halogenated alkanes) is 4. The molecule has 1 aromatic carbocycles. The zero-order chi connectivity index (χ0) is 14.2. The minimum absolute atomic E-state index is 0.194. The molecular formula is C16H22N2O2. The van der Waals surface area contributed by atoms with E-state index in [1.165, 1.54) is 44.8 Å². The van der Waals surface area contributed by atoms with Crippen LogP contribution in [0.25, 0.3) is 11.4 Å². The lowest BCUT2D eigenvalue weighted by atomic mass is 10.0. The lowest BCUT2D eigenvalue weighted by Crippen LogP contribution is -1.87. The van der Waals surface area contributed by atoms with Gasteiger partial charge in [-0.2, -0.15) is 4.98 Å². The second-order valence-corrected chi connectivity index (χ2v) is 4.95. The summed E-state index contributed by atoms with van der Waals surface area (Å²) in [5.41, 5.74) is 2.31. The molecule has 0 unspecified atom stereocenters. The molecule has 0 saturated heterocycles. The van der Waals surface area contributed by atoms with E-state index in [-0.39, 0.29) is 6.08 Å². The average Bonchev–Trinajstić information content (AvgIpc) is 2.97. The van der Waals surface area contributed by atoms with E-state index in [4.69, 9.17) is 9.26 Å². The first-order chi connectivity index (χ1) is 9.83. The number of rotatable bonds is 8. The Morgan fingerprint density at radius 1 is 1.05 bits per heavy atom. The fraction of sp³-hybridized carbons (Fsp3) is 0.500. The SMILES string of the molecule is CCCCCCCc1ccc(-c2noc(OC)n2)cc1. The van der Waals surface area contributed by atoms with Crippen LogP contribution in [-0.4, -0.2) is 17.3 Å². The van der Waals surface area contributed by atoms with Gasteiger partial charge in [0.05, 0.1) is 7.11 Å². The number of ether oxygens (including phenoxy) is 1. The van der Waals surface area contributed by atoms with E-state index in [0.29, 0.717) is 5.82 Å². The average molecular weight is 274 g/mol. The molecule has 0 fully saturated rings. The number of aryl methyl sites for hydroxylation is 1. The van der Waals surface area contributed by atoms with Crippen LogP contribution in [0.15, 0.2) is 28.8 Å². The second-order valence-electron chi connectivity index (χ2n) is 4.95. The monoisotopic (exact) mass is 274 g/mol. The lowest BCUT2D eigenvalue weighted by molar-refractivity contribution is 0.250. The molecule has 1 aromatic heterocycles. The molecule has 2 rings (SSSR count). The van der Waals surface area contributed by atoms with Crippen LogP contribution in [-0.2, 0) is 6.42 Å². The predicted octanol–water partition coefficient (Wildman–Crippen LogP) is 4.26. The molecule has 0 radical (unpaired) electrons. The summed E-state index contributed by atoms with van der Waals surface area (Å²) in [6, 6.07) is 8.34. The molecule has 2 aromatic rings. The molecule has 108 valence electrons. The topological polar surface area (TPSA) is 48.2 Å². The van der Waals surface area contributed by atoms with Gasteiger partial charge in [-0.1, -0.05) is 62.0 Å². The third-order valence-corrected chi connectivity index (χ3v) is 3.36. The summed E-state index contributed by atoms with van der Waals surface area (Å²) in [6.45, 7) is 2.24. The van der Waals surface area contributed by atoms with Crippen LogP contribution in [0.2, 0.25) is 0 Å². The minimum atomic E-state index is 0.194. The van der Waals surface area contributed by atoms with Gasteiger partial charge in [-0.25, -0.2) is 0 Å². The van der Waals surface area contributed by atoms with Gasteiger partial charge in [0.15, 0.2) is 0 Å². The Labute approximate surface area is 120 Å². The molecular weight excluding hydrogens is 252 g/mol. The van der Waals surface area contributed by atoms with E-state index in [1.54, 1.807) is 0 Å². The predicted molar refractivity (Wildman–Crippen MR) is 78.7 cm³/mol. The van der Waals surface area contributed by atoms with E-state index in [1.807, 2.05) is 12.1 Å². The Bertz CT molecular complexity index is 505. The third-order valence-electron chi connectivity index (χ3n) is 3.36. The highest BCUT2D eigenvalue weighted by molar-refractivity contribution is 5.54. The van der Waals surface area contributed by atoms with Crippen molar-refractivity contribution in [2.45, 2.75) is 45.4 Å². The maximum atomic E-state index is 4.92. The van der Waals surface area contributed by atoms with Crippen molar-refractivity contribution in [1.82, 2.24) is 10.1 Å². The van der Waals surface area contributed by atoms with Crippen LogP contribution in [0.4, 0.5) is 0 Å². The van der Waals surface area contributed by atoms with E-state index in [2.05, 4.69) is 29.2 Å². The lowest BCUT2D eigenvalue weighted by Gasteiger charge is -2.02. The molecule has 0 aliphatic carbocycles. The molecule has 0 atom stereocenters. The molecule has 1 heterocycles. The Hall–Kier alpha value is -1.84. The van der Waals surface area contributed by atoms with Crippen molar-refractivity contribution >= 4 is 0 Å². The maximum Gasteiger partial charge on any atom is 0.417 e. The zero-order valence-corrected chi connectivity index (χ0v) is 12.3. The van der Waals surface area contributed by atoms with Crippen LogP contribution in [0, 0.1) is 0 Å². The van der Waals surface area contributed by atoms with Crippen LogP contribution in [0.5, 0.6) is 6.08 Å². The van der Waals surface area contributed by atoms with Gasteiger partial charge >= 0.3 is 6.08 Å². The van der Waals surface area contributed by atoms with Gasteiger partial charge < -0.3 is 4.74 Å². The van der Waals surface area contributed by atoms with Gasteiger partial charge in [-0.05, 0) is 18.4 Å². The fourth-order valence-electron chi connectivity index (χ4n) is 2.16. The first-order valence-corrected chi connectivity index (χ1v) is 7.30. The highest BCUT2D eigenvalue weighted by Crippen LogP contribution is 2.19. The Morgan fingerprint density at radius 2 is 1.80 bits per heavy atom. The van der Waals surface area contributed by atoms with Crippen LogP contribution in [0.3, 0.4) is 0 Å². The van der Waals surface area contributed by atoms with Crippen LogP contribution in [0.1, 0.15) is 44.6 Å². The molecule has 0 bridgehead atoms. The molecule has 4 nitrogen and oxygen atoms in total. The first kappa shape index (κ1) is 14.6. The largest absolute Gasteiger partial charge is 0.452 e. The van der Waals surface area contributed by atoms with Gasteiger partial charge in [0.25, 0.3) is 0 Å². The van der Waals surface area contributed by atoms with Crippen LogP contribution < -0.4 is 4.74 Å². The van der Waals surface area contributed by atoms with Crippen molar-refractivity contribution in [3.8, 4) is 17.5 Å². The Kier molecular flexibility index (Phi) is 5.59. The van der Waals surface area contributed by atoms with Gasteiger partial charge in [0.2, 0.25) is 5.82 Å². The number of aromatic nitrogens is 2. The third kappa shape index (κ3) is 4.08. The summed E-state index contributed by atoms with van der Waals surface area (Å²) in [7, 11) is 1.51. The number of methoxy groups -OCH3 is 1. The molecule has 4 heteroatoms. The minimum Gasteiger partial charge on any atom is -0.452 e. The van der Waals surface area contributed by atoms with E-state index < -0.39 is 0 Å². The van der Waals surface area contributed by atoms with Crippen molar-refractivity contribution in [3.63, 3.8) is 0 Å². The molecule has 0 N–H and O–H groups in total. The zero-order valence-electron chi connectivity index (χ0n) is 12.3. The molecule has 20 heavy (non-hydrogen) atoms. The van der Waals surface area contributed by atoms with Gasteiger partial charge in [0, 0.05) is 5.56 Å². The van der Waals surface area contributed by atoms with Gasteiger partial charge in [0.1, 0.15) is 0 Å². The number of hydrogen-bond donors (Lipinski definition) is 0. The fourth-order valence-corrected chi connectivity index (χ4v) is 2.16. The maximum absolute atomic E-state index is 4.92. The van der Waals surface area contributed by atoms with Crippen LogP contribution >= 0.6 is 0 Å². The summed E-state index contributed by atoms with van der Waals surface area (Å²) in [4.78, 5) is 4.12. The van der Waals surface area contributed by atoms with Gasteiger partial charge in [-0.15, -0.1) is 0 Å². The number of nitrogens with zero attached hydrogens (tertiary/aromatic N) is 2. The Morgan fingerprint density at radius 3 is 2.45 bits per heavy atom. The van der Waals surface area contributed by atoms with Crippen molar-refractivity contribution in [3.05, 3.63) is 29.8 Å². The quantitative estimate of drug-likeness (QED) is 0.675. The first-order valence-electron chi connectivity index (χ1n) is 7.30. The van der Waals surface area contributed by atoms with E-state index in [9.17, 15) is 0 Å². The number of benzene rings is 1. The highest BCUT2D eigenvalue weighted by atomic mass is 16.6. The smallest absolute Gasteiger partial charge is 0.417 e. The molecule has 0 amide bonds. The summed E-state index contributed by atoms with van der Waals surface area (Å²) < 4.78 is 9.80. The van der Waals surface area contributed by atoms with Crippen molar-refractivity contribution in [1.29, 1.82) is 0 Å². The molecule has 0 saturated carbocycles. The second kappa shape index (κ2) is 7.68. The Balaban J connectivity index is 1.86. The summed E-state index contributed by atoms with van der Waals surface area (Å²) >= 11 is 0. The van der Waals surface area contributed by atoms with Crippen molar-refractivity contribution < 1.29 is 9.26 Å². The summed E-state index contributed by atoms with van der Waals surface area (Å²) in [5, 5.41) is 3.87. The molecule has 0 aliphatic rings. The van der Waals surface area contributed by atoms with Gasteiger partial charge in [-0.3, -0.25) is 4.52 Å². The number of hydrogen-bond acceptors (Lipinski definition) is 4. The van der Waals surface area contributed by atoms with Crippen molar-refractivity contribution in [2.24, 2.45) is 0 Å². The molecule has 0 spiro atoms. The van der Waals surface area contributed by atoms with E-state index >= 15 is 0 Å². The van der Waals surface area contributed by atoms with E-state index in [0.717, 1.165) is 12.0 Å². The summed E-state index contributed by atoms with van der Waals surface area (Å²) in [5.74, 6) is 0.566. The molecule has 0 aliphatic heterocycles.